The normalized spacial score (nSPS) is 10.3. The highest BCUT2D eigenvalue weighted by Crippen LogP contribution is 2.28. The van der Waals surface area contributed by atoms with E-state index in [1.165, 1.54) is 26.0 Å². The van der Waals surface area contributed by atoms with Crippen molar-refractivity contribution < 1.29 is 23.5 Å². The number of aryl methyl sites for hydroxylation is 1. The topological polar surface area (TPSA) is 65.7 Å². The molecular formula is C16H16O5S. The molecule has 0 unspecified atom stereocenters. The molecule has 0 radical (unpaired) electrons. The number of rotatable bonds is 5. The summed E-state index contributed by atoms with van der Waals surface area (Å²) in [6.45, 7) is 1.71. The molecule has 0 fully saturated rings. The third-order valence-corrected chi connectivity index (χ3v) is 4.13. The number of carbonyl (C=O) groups excluding carboxylic acids is 2. The number of benzene rings is 1. The van der Waals surface area contributed by atoms with Crippen LogP contribution in [-0.2, 0) is 15.2 Å². The second kappa shape index (κ2) is 7.17. The largest absolute Gasteiger partial charge is 0.465 e. The van der Waals surface area contributed by atoms with E-state index in [1.807, 2.05) is 12.1 Å². The molecule has 0 aliphatic carbocycles. The number of thioether (sulfide) groups is 1. The maximum atomic E-state index is 11.7. The fourth-order valence-electron chi connectivity index (χ4n) is 1.95. The molecule has 0 bridgehead atoms. The quantitative estimate of drug-likeness (QED) is 0.621. The molecule has 1 heterocycles. The van der Waals surface area contributed by atoms with Crippen molar-refractivity contribution in [1.82, 2.24) is 0 Å². The lowest BCUT2D eigenvalue weighted by Gasteiger charge is -2.06. The van der Waals surface area contributed by atoms with E-state index in [0.717, 1.165) is 4.90 Å². The lowest BCUT2D eigenvalue weighted by molar-refractivity contribution is 0.0588. The van der Waals surface area contributed by atoms with Gasteiger partial charge in [-0.05, 0) is 25.1 Å². The molecule has 1 aromatic heterocycles. The molecule has 0 aliphatic rings. The van der Waals surface area contributed by atoms with Crippen LogP contribution in [0.5, 0.6) is 0 Å². The van der Waals surface area contributed by atoms with E-state index in [4.69, 9.17) is 13.9 Å². The Hall–Kier alpha value is -2.21. The molecule has 22 heavy (non-hydrogen) atoms. The molecular weight excluding hydrogens is 304 g/mol. The SMILES string of the molecule is COC(=O)c1ccccc1SCc1cc(C(=O)OC)c(C)o1. The Balaban J connectivity index is 2.14. The van der Waals surface area contributed by atoms with Crippen molar-refractivity contribution in [2.24, 2.45) is 0 Å². The summed E-state index contributed by atoms with van der Waals surface area (Å²) in [5, 5.41) is 0. The molecule has 116 valence electrons. The van der Waals surface area contributed by atoms with E-state index in [9.17, 15) is 9.59 Å². The Bertz CT molecular complexity index is 690. The Morgan fingerprint density at radius 1 is 1.09 bits per heavy atom. The fourth-order valence-corrected chi connectivity index (χ4v) is 2.87. The van der Waals surface area contributed by atoms with Gasteiger partial charge in [-0.25, -0.2) is 9.59 Å². The maximum absolute atomic E-state index is 11.7. The lowest BCUT2D eigenvalue weighted by Crippen LogP contribution is -2.02. The molecule has 1 aromatic carbocycles. The van der Waals surface area contributed by atoms with E-state index in [-0.39, 0.29) is 5.97 Å². The molecule has 0 N–H and O–H groups in total. The van der Waals surface area contributed by atoms with Crippen molar-refractivity contribution in [2.45, 2.75) is 17.6 Å². The predicted molar refractivity (Wildman–Crippen MR) is 82.1 cm³/mol. The summed E-state index contributed by atoms with van der Waals surface area (Å²) >= 11 is 1.44. The minimum Gasteiger partial charge on any atom is -0.465 e. The van der Waals surface area contributed by atoms with Crippen LogP contribution in [0.15, 0.2) is 39.6 Å². The average molecular weight is 320 g/mol. The van der Waals surface area contributed by atoms with Gasteiger partial charge < -0.3 is 13.9 Å². The van der Waals surface area contributed by atoms with Crippen LogP contribution in [-0.4, -0.2) is 26.2 Å². The van der Waals surface area contributed by atoms with Crippen LogP contribution >= 0.6 is 11.8 Å². The second-order valence-corrected chi connectivity index (χ2v) is 5.47. The van der Waals surface area contributed by atoms with Gasteiger partial charge in [0.05, 0.1) is 25.5 Å². The van der Waals surface area contributed by atoms with Crippen molar-refractivity contribution >= 4 is 23.7 Å². The number of hydrogen-bond donors (Lipinski definition) is 0. The van der Waals surface area contributed by atoms with Gasteiger partial charge in [-0.1, -0.05) is 12.1 Å². The zero-order valence-electron chi connectivity index (χ0n) is 12.5. The molecule has 0 saturated heterocycles. The van der Waals surface area contributed by atoms with Crippen LogP contribution in [0.4, 0.5) is 0 Å². The van der Waals surface area contributed by atoms with Crippen LogP contribution in [0.1, 0.15) is 32.2 Å². The van der Waals surface area contributed by atoms with Gasteiger partial charge in [0.15, 0.2) is 0 Å². The Morgan fingerprint density at radius 2 is 1.73 bits per heavy atom. The lowest BCUT2D eigenvalue weighted by atomic mass is 10.2. The van der Waals surface area contributed by atoms with E-state index in [1.54, 1.807) is 25.1 Å². The van der Waals surface area contributed by atoms with Gasteiger partial charge in [0, 0.05) is 4.90 Å². The van der Waals surface area contributed by atoms with Gasteiger partial charge in [0.2, 0.25) is 0 Å². The smallest absolute Gasteiger partial charge is 0.341 e. The summed E-state index contributed by atoms with van der Waals surface area (Å²) in [5.74, 6) is 0.846. The molecule has 0 spiro atoms. The second-order valence-electron chi connectivity index (χ2n) is 4.45. The van der Waals surface area contributed by atoms with Crippen molar-refractivity contribution in [3.8, 4) is 0 Å². The van der Waals surface area contributed by atoms with Gasteiger partial charge in [0.1, 0.15) is 17.1 Å². The summed E-state index contributed by atoms with van der Waals surface area (Å²) in [6.07, 6.45) is 0. The zero-order chi connectivity index (χ0) is 16.1. The molecule has 0 aliphatic heterocycles. The van der Waals surface area contributed by atoms with E-state index in [2.05, 4.69) is 0 Å². The number of ether oxygens (including phenoxy) is 2. The summed E-state index contributed by atoms with van der Waals surface area (Å²) in [5.41, 5.74) is 0.922. The van der Waals surface area contributed by atoms with E-state index in [0.29, 0.717) is 28.4 Å². The molecule has 0 amide bonds. The molecule has 2 aromatic rings. The van der Waals surface area contributed by atoms with Gasteiger partial charge >= 0.3 is 11.9 Å². The van der Waals surface area contributed by atoms with Crippen LogP contribution in [0, 0.1) is 6.92 Å². The first-order valence-electron chi connectivity index (χ1n) is 6.54. The Kier molecular flexibility index (Phi) is 5.27. The summed E-state index contributed by atoms with van der Waals surface area (Å²) in [6, 6.07) is 8.84. The van der Waals surface area contributed by atoms with E-state index >= 15 is 0 Å². The van der Waals surface area contributed by atoms with Gasteiger partial charge in [0.25, 0.3) is 0 Å². The summed E-state index contributed by atoms with van der Waals surface area (Å²) in [7, 11) is 2.68. The third-order valence-electron chi connectivity index (χ3n) is 3.04. The molecule has 2 rings (SSSR count). The van der Waals surface area contributed by atoms with Crippen LogP contribution in [0.3, 0.4) is 0 Å². The van der Waals surface area contributed by atoms with Gasteiger partial charge in [-0.15, -0.1) is 11.8 Å². The summed E-state index contributed by atoms with van der Waals surface area (Å²) in [4.78, 5) is 24.1. The minimum absolute atomic E-state index is 0.381. The van der Waals surface area contributed by atoms with E-state index < -0.39 is 5.97 Å². The van der Waals surface area contributed by atoms with Crippen LogP contribution < -0.4 is 0 Å². The van der Waals surface area contributed by atoms with Crippen LogP contribution in [0.2, 0.25) is 0 Å². The van der Waals surface area contributed by atoms with Crippen molar-refractivity contribution in [3.63, 3.8) is 0 Å². The minimum atomic E-state index is -0.424. The number of hydrogen-bond acceptors (Lipinski definition) is 6. The zero-order valence-corrected chi connectivity index (χ0v) is 13.4. The average Bonchev–Trinajstić information content (AvgIpc) is 2.92. The third kappa shape index (κ3) is 3.51. The Labute approximate surface area is 132 Å². The molecule has 0 atom stereocenters. The highest BCUT2D eigenvalue weighted by Gasteiger charge is 2.16. The maximum Gasteiger partial charge on any atom is 0.341 e. The van der Waals surface area contributed by atoms with Crippen molar-refractivity contribution in [1.29, 1.82) is 0 Å². The standard InChI is InChI=1S/C16H16O5S/c1-10-13(16(18)20-3)8-11(21-10)9-22-14-7-5-4-6-12(14)15(17)19-2/h4-8H,9H2,1-3H3. The molecule has 5 nitrogen and oxygen atoms in total. The first kappa shape index (κ1) is 16.2. The van der Waals surface area contributed by atoms with Crippen LogP contribution in [0.25, 0.3) is 0 Å². The van der Waals surface area contributed by atoms with Crippen molar-refractivity contribution in [3.05, 3.63) is 53.0 Å². The van der Waals surface area contributed by atoms with Crippen molar-refractivity contribution in [2.75, 3.05) is 14.2 Å². The Morgan fingerprint density at radius 3 is 2.41 bits per heavy atom. The first-order valence-corrected chi connectivity index (χ1v) is 7.53. The highest BCUT2D eigenvalue weighted by molar-refractivity contribution is 7.98. The van der Waals surface area contributed by atoms with Gasteiger partial charge in [-0.2, -0.15) is 0 Å². The number of furan rings is 1. The summed E-state index contributed by atoms with van der Waals surface area (Å²) < 4.78 is 15.0. The predicted octanol–water partition coefficient (Wildman–Crippen LogP) is 3.45. The molecule has 6 heteroatoms. The fraction of sp³-hybridized carbons (Fsp3) is 0.250. The number of methoxy groups -OCH3 is 2. The highest BCUT2D eigenvalue weighted by atomic mass is 32.2. The molecule has 0 saturated carbocycles. The number of esters is 2. The monoisotopic (exact) mass is 320 g/mol. The van der Waals surface area contributed by atoms with Gasteiger partial charge in [-0.3, -0.25) is 0 Å². The first-order chi connectivity index (χ1) is 10.6. The number of carbonyl (C=O) groups is 2.